The number of benzene rings is 1. The second-order valence-electron chi connectivity index (χ2n) is 5.77. The van der Waals surface area contributed by atoms with Gasteiger partial charge in [-0.25, -0.2) is 12.8 Å². The van der Waals surface area contributed by atoms with E-state index in [1.54, 1.807) is 6.92 Å². The number of carboxylic acid groups (broad SMARTS) is 1. The SMILES string of the molecule is CC[C@@H](Cc1cc(F)cc(S(=O)(=O)N(C)CC2CO2)c1Cl)C(=O)O. The molecule has 0 radical (unpaired) electrons. The molecule has 1 unspecified atom stereocenters. The zero-order valence-corrected chi connectivity index (χ0v) is 14.9. The number of carbonyl (C=O) groups is 1. The second kappa shape index (κ2) is 7.35. The van der Waals surface area contributed by atoms with Crippen molar-refractivity contribution in [1.29, 1.82) is 0 Å². The quantitative estimate of drug-likeness (QED) is 0.699. The highest BCUT2D eigenvalue weighted by Crippen LogP contribution is 2.31. The van der Waals surface area contributed by atoms with Gasteiger partial charge in [-0.2, -0.15) is 4.31 Å². The van der Waals surface area contributed by atoms with E-state index in [2.05, 4.69) is 0 Å². The molecule has 0 spiro atoms. The summed E-state index contributed by atoms with van der Waals surface area (Å²) in [5.41, 5.74) is 0.167. The minimum atomic E-state index is -4.00. The number of aliphatic carboxylic acids is 1. The number of hydrogen-bond donors (Lipinski definition) is 1. The molecule has 0 aromatic heterocycles. The van der Waals surface area contributed by atoms with Crippen LogP contribution in [-0.4, -0.2) is 50.1 Å². The summed E-state index contributed by atoms with van der Waals surface area (Å²) < 4.78 is 45.2. The van der Waals surface area contributed by atoms with Gasteiger partial charge in [-0.1, -0.05) is 18.5 Å². The molecule has 1 saturated heterocycles. The summed E-state index contributed by atoms with van der Waals surface area (Å²) in [7, 11) is -2.63. The van der Waals surface area contributed by atoms with Crippen LogP contribution < -0.4 is 0 Å². The van der Waals surface area contributed by atoms with Crippen molar-refractivity contribution < 1.29 is 27.4 Å². The van der Waals surface area contributed by atoms with Gasteiger partial charge in [-0.05, 0) is 30.5 Å². The third kappa shape index (κ3) is 4.24. The van der Waals surface area contributed by atoms with Gasteiger partial charge in [0, 0.05) is 13.6 Å². The predicted molar refractivity (Wildman–Crippen MR) is 86.1 cm³/mol. The number of sulfonamides is 1. The van der Waals surface area contributed by atoms with Crippen molar-refractivity contribution in [3.05, 3.63) is 28.5 Å². The first-order chi connectivity index (χ1) is 11.2. The van der Waals surface area contributed by atoms with Crippen molar-refractivity contribution in [2.75, 3.05) is 20.2 Å². The summed E-state index contributed by atoms with van der Waals surface area (Å²) in [4.78, 5) is 10.8. The summed E-state index contributed by atoms with van der Waals surface area (Å²) >= 11 is 6.17. The van der Waals surface area contributed by atoms with Crippen LogP contribution in [0.5, 0.6) is 0 Å². The molecule has 0 saturated carbocycles. The predicted octanol–water partition coefficient (Wildman–Crippen LogP) is 2.15. The summed E-state index contributed by atoms with van der Waals surface area (Å²) in [6.07, 6.45) is 0.122. The zero-order valence-electron chi connectivity index (χ0n) is 13.3. The van der Waals surface area contributed by atoms with Gasteiger partial charge in [0.05, 0.1) is 23.7 Å². The highest BCUT2D eigenvalue weighted by molar-refractivity contribution is 7.89. The molecular formula is C15H19ClFNO5S. The number of rotatable bonds is 8. The highest BCUT2D eigenvalue weighted by atomic mass is 35.5. The van der Waals surface area contributed by atoms with E-state index in [1.165, 1.54) is 7.05 Å². The zero-order chi connectivity index (χ0) is 18.1. The fourth-order valence-electron chi connectivity index (χ4n) is 2.35. The number of epoxide rings is 1. The number of carboxylic acids is 1. The van der Waals surface area contributed by atoms with Gasteiger partial charge in [-0.3, -0.25) is 4.79 Å². The molecule has 2 rings (SSSR count). The third-order valence-corrected chi connectivity index (χ3v) is 6.34. The van der Waals surface area contributed by atoms with Crippen LogP contribution in [0.15, 0.2) is 17.0 Å². The van der Waals surface area contributed by atoms with Gasteiger partial charge in [0.2, 0.25) is 10.0 Å². The Balaban J connectivity index is 2.38. The Morgan fingerprint density at radius 1 is 1.54 bits per heavy atom. The average molecular weight is 380 g/mol. The van der Waals surface area contributed by atoms with Gasteiger partial charge in [0.25, 0.3) is 0 Å². The van der Waals surface area contributed by atoms with Gasteiger partial charge in [0.15, 0.2) is 0 Å². The van der Waals surface area contributed by atoms with Crippen LogP contribution in [0.25, 0.3) is 0 Å². The van der Waals surface area contributed by atoms with Crippen LogP contribution in [0, 0.1) is 11.7 Å². The molecule has 1 aromatic carbocycles. The molecule has 1 aliphatic heterocycles. The van der Waals surface area contributed by atoms with E-state index in [0.717, 1.165) is 16.4 Å². The maximum atomic E-state index is 13.9. The minimum absolute atomic E-state index is 0.0413. The van der Waals surface area contributed by atoms with Crippen LogP contribution in [0.2, 0.25) is 5.02 Å². The lowest BCUT2D eigenvalue weighted by molar-refractivity contribution is -0.141. The number of likely N-dealkylation sites (N-methyl/N-ethyl adjacent to an activating group) is 1. The topological polar surface area (TPSA) is 87.2 Å². The van der Waals surface area contributed by atoms with E-state index in [0.29, 0.717) is 13.0 Å². The van der Waals surface area contributed by atoms with Crippen molar-refractivity contribution in [1.82, 2.24) is 4.31 Å². The van der Waals surface area contributed by atoms with Crippen LogP contribution >= 0.6 is 11.6 Å². The summed E-state index contributed by atoms with van der Waals surface area (Å²) in [6, 6.07) is 1.93. The minimum Gasteiger partial charge on any atom is -0.481 e. The highest BCUT2D eigenvalue weighted by Gasteiger charge is 2.32. The summed E-state index contributed by atoms with van der Waals surface area (Å²) in [5, 5.41) is 9.00. The van der Waals surface area contributed by atoms with Crippen LogP contribution in [0.4, 0.5) is 4.39 Å². The number of ether oxygens (including phenoxy) is 1. The molecule has 0 amide bonds. The molecule has 134 valence electrons. The average Bonchev–Trinajstić information content (AvgIpc) is 3.30. The molecule has 2 atom stereocenters. The van der Waals surface area contributed by atoms with Crippen molar-refractivity contribution in [2.24, 2.45) is 5.92 Å². The Labute approximate surface area is 145 Å². The third-order valence-electron chi connectivity index (χ3n) is 3.94. The van der Waals surface area contributed by atoms with Gasteiger partial charge < -0.3 is 9.84 Å². The normalized spacial score (nSPS) is 18.6. The maximum absolute atomic E-state index is 13.9. The largest absolute Gasteiger partial charge is 0.481 e. The number of halogens is 2. The Kier molecular flexibility index (Phi) is 5.85. The first-order valence-corrected chi connectivity index (χ1v) is 9.27. The lowest BCUT2D eigenvalue weighted by Crippen LogP contribution is -2.31. The fraction of sp³-hybridized carbons (Fsp3) is 0.533. The number of nitrogens with zero attached hydrogens (tertiary/aromatic N) is 1. The van der Waals surface area contributed by atoms with E-state index in [4.69, 9.17) is 21.4 Å². The lowest BCUT2D eigenvalue weighted by Gasteiger charge is -2.19. The molecule has 1 heterocycles. The molecule has 6 nitrogen and oxygen atoms in total. The standard InChI is InChI=1S/C15H19ClFNO5S/c1-3-9(15(19)20)4-10-5-11(17)6-13(14(10)16)24(21,22)18(2)7-12-8-23-12/h5-6,9,12H,3-4,7-8H2,1-2H3,(H,19,20)/t9-,12?/m0/s1. The van der Waals surface area contributed by atoms with E-state index in [1.807, 2.05) is 0 Å². The molecule has 1 fully saturated rings. The molecule has 0 aliphatic carbocycles. The van der Waals surface area contributed by atoms with Gasteiger partial charge in [-0.15, -0.1) is 0 Å². The monoisotopic (exact) mass is 379 g/mol. The Bertz CT molecular complexity index is 736. The Morgan fingerprint density at radius 2 is 2.17 bits per heavy atom. The van der Waals surface area contributed by atoms with Crippen molar-refractivity contribution in [2.45, 2.75) is 30.8 Å². The fourth-order valence-corrected chi connectivity index (χ4v) is 4.15. The summed E-state index contributed by atoms with van der Waals surface area (Å²) in [5.74, 6) is -2.58. The smallest absolute Gasteiger partial charge is 0.306 e. The van der Waals surface area contributed by atoms with Crippen molar-refractivity contribution in [3.63, 3.8) is 0 Å². The number of hydrogen-bond acceptors (Lipinski definition) is 4. The van der Waals surface area contributed by atoms with Gasteiger partial charge in [0.1, 0.15) is 10.7 Å². The molecule has 1 N–H and O–H groups in total. The first-order valence-electron chi connectivity index (χ1n) is 7.45. The first kappa shape index (κ1) is 19.1. The van der Waals surface area contributed by atoms with Crippen molar-refractivity contribution in [3.8, 4) is 0 Å². The van der Waals surface area contributed by atoms with E-state index in [-0.39, 0.29) is 34.6 Å². The van der Waals surface area contributed by atoms with E-state index in [9.17, 15) is 17.6 Å². The molecule has 0 bridgehead atoms. The molecule has 9 heteroatoms. The molecular weight excluding hydrogens is 361 g/mol. The van der Waals surface area contributed by atoms with Crippen LogP contribution in [-0.2, 0) is 26.0 Å². The second-order valence-corrected chi connectivity index (χ2v) is 8.16. The van der Waals surface area contributed by atoms with E-state index < -0.39 is 27.7 Å². The maximum Gasteiger partial charge on any atom is 0.306 e. The van der Waals surface area contributed by atoms with Crippen LogP contribution in [0.1, 0.15) is 18.9 Å². The molecule has 1 aromatic rings. The molecule has 24 heavy (non-hydrogen) atoms. The Hall–Kier alpha value is -1.22. The summed E-state index contributed by atoms with van der Waals surface area (Å²) in [6.45, 7) is 2.32. The molecule has 1 aliphatic rings. The van der Waals surface area contributed by atoms with Crippen molar-refractivity contribution >= 4 is 27.6 Å². The van der Waals surface area contributed by atoms with E-state index >= 15 is 0 Å². The van der Waals surface area contributed by atoms with Crippen LogP contribution in [0.3, 0.4) is 0 Å². The van der Waals surface area contributed by atoms with Gasteiger partial charge >= 0.3 is 5.97 Å². The lowest BCUT2D eigenvalue weighted by atomic mass is 9.97. The Morgan fingerprint density at radius 3 is 2.67 bits per heavy atom.